The van der Waals surface area contributed by atoms with Crippen LogP contribution >= 0.6 is 0 Å². The van der Waals surface area contributed by atoms with Gasteiger partial charge in [-0.15, -0.1) is 0 Å². The summed E-state index contributed by atoms with van der Waals surface area (Å²) < 4.78 is 0. The number of aromatic hydroxyl groups is 1. The fraction of sp³-hybridized carbons (Fsp3) is 0.571. The molecule has 0 aromatic heterocycles. The second-order valence-electron chi connectivity index (χ2n) is 4.91. The van der Waals surface area contributed by atoms with Crippen LogP contribution in [0.3, 0.4) is 0 Å². The number of nitrogens with one attached hydrogen (secondary N) is 1. The van der Waals surface area contributed by atoms with E-state index in [4.69, 9.17) is 0 Å². The Morgan fingerprint density at radius 3 is 3.06 bits per heavy atom. The van der Waals surface area contributed by atoms with E-state index in [1.165, 1.54) is 25.8 Å². The van der Waals surface area contributed by atoms with Crippen LogP contribution in [0.1, 0.15) is 24.8 Å². The molecule has 3 nitrogen and oxygen atoms in total. The van der Waals surface area contributed by atoms with Gasteiger partial charge in [-0.1, -0.05) is 12.1 Å². The molecule has 94 valence electrons. The van der Waals surface area contributed by atoms with Gasteiger partial charge in [0.2, 0.25) is 0 Å². The van der Waals surface area contributed by atoms with Crippen LogP contribution in [0.15, 0.2) is 24.3 Å². The maximum absolute atomic E-state index is 9.34. The molecule has 2 rings (SSSR count). The molecule has 0 spiro atoms. The molecule has 17 heavy (non-hydrogen) atoms. The Balaban J connectivity index is 1.66. The smallest absolute Gasteiger partial charge is 0.115 e. The van der Waals surface area contributed by atoms with Crippen LogP contribution in [-0.2, 0) is 6.54 Å². The third-order valence-electron chi connectivity index (χ3n) is 3.57. The Morgan fingerprint density at radius 2 is 2.35 bits per heavy atom. The summed E-state index contributed by atoms with van der Waals surface area (Å²) in [6.45, 7) is 3.13. The summed E-state index contributed by atoms with van der Waals surface area (Å²) in [6, 6.07) is 8.20. The number of hydrogen-bond donors (Lipinski definition) is 2. The molecule has 3 heteroatoms. The molecular weight excluding hydrogens is 212 g/mol. The second kappa shape index (κ2) is 6.03. The molecule has 1 heterocycles. The lowest BCUT2D eigenvalue weighted by molar-refractivity contribution is 0.293. The van der Waals surface area contributed by atoms with Gasteiger partial charge in [-0.2, -0.15) is 0 Å². The SMILES string of the molecule is CN1CCCC1CCNCc1cccc(O)c1. The first-order chi connectivity index (χ1) is 8.25. The van der Waals surface area contributed by atoms with Crippen LogP contribution in [-0.4, -0.2) is 36.2 Å². The lowest BCUT2D eigenvalue weighted by Gasteiger charge is -2.19. The highest BCUT2D eigenvalue weighted by Crippen LogP contribution is 2.17. The van der Waals surface area contributed by atoms with Crippen molar-refractivity contribution in [1.82, 2.24) is 10.2 Å². The largest absolute Gasteiger partial charge is 0.508 e. The van der Waals surface area contributed by atoms with Crippen LogP contribution < -0.4 is 5.32 Å². The Hall–Kier alpha value is -1.06. The van der Waals surface area contributed by atoms with Crippen LogP contribution in [0.25, 0.3) is 0 Å². The molecule has 0 bridgehead atoms. The molecule has 1 unspecified atom stereocenters. The van der Waals surface area contributed by atoms with E-state index < -0.39 is 0 Å². The van der Waals surface area contributed by atoms with Crippen molar-refractivity contribution in [3.8, 4) is 5.75 Å². The predicted molar refractivity (Wildman–Crippen MR) is 70.1 cm³/mol. The lowest BCUT2D eigenvalue weighted by Crippen LogP contribution is -2.28. The van der Waals surface area contributed by atoms with Gasteiger partial charge in [0.15, 0.2) is 0 Å². The zero-order valence-electron chi connectivity index (χ0n) is 10.5. The molecule has 0 aliphatic carbocycles. The first-order valence-corrected chi connectivity index (χ1v) is 6.44. The summed E-state index contributed by atoms with van der Waals surface area (Å²) in [6.07, 6.45) is 3.90. The fourth-order valence-electron chi connectivity index (χ4n) is 2.51. The van der Waals surface area contributed by atoms with E-state index in [9.17, 15) is 5.11 Å². The Labute approximate surface area is 103 Å². The van der Waals surface area contributed by atoms with Gasteiger partial charge in [0.25, 0.3) is 0 Å². The van der Waals surface area contributed by atoms with Crippen LogP contribution in [0.5, 0.6) is 5.75 Å². The Morgan fingerprint density at radius 1 is 1.47 bits per heavy atom. The monoisotopic (exact) mass is 234 g/mol. The molecular formula is C14H22N2O. The van der Waals surface area contributed by atoms with Crippen molar-refractivity contribution in [2.45, 2.75) is 31.8 Å². The van der Waals surface area contributed by atoms with Gasteiger partial charge in [0.1, 0.15) is 5.75 Å². The number of nitrogens with zero attached hydrogens (tertiary/aromatic N) is 1. The first kappa shape index (κ1) is 12.4. The van der Waals surface area contributed by atoms with Gasteiger partial charge in [-0.3, -0.25) is 0 Å². The molecule has 1 aliphatic heterocycles. The third-order valence-corrected chi connectivity index (χ3v) is 3.57. The van der Waals surface area contributed by atoms with Crippen LogP contribution in [0.2, 0.25) is 0 Å². The van der Waals surface area contributed by atoms with Gasteiger partial charge >= 0.3 is 0 Å². The zero-order valence-corrected chi connectivity index (χ0v) is 10.5. The van der Waals surface area contributed by atoms with Gasteiger partial charge in [-0.25, -0.2) is 0 Å². The summed E-state index contributed by atoms with van der Waals surface area (Å²) in [7, 11) is 2.22. The van der Waals surface area contributed by atoms with E-state index in [0.29, 0.717) is 5.75 Å². The third kappa shape index (κ3) is 3.72. The van der Waals surface area contributed by atoms with E-state index in [1.54, 1.807) is 6.07 Å². The standard InChI is InChI=1S/C14H22N2O/c1-16-9-3-5-13(16)7-8-15-11-12-4-2-6-14(17)10-12/h2,4,6,10,13,15,17H,3,5,7-9,11H2,1H3. The highest BCUT2D eigenvalue weighted by atomic mass is 16.3. The molecule has 1 aromatic carbocycles. The molecule has 1 aliphatic rings. The minimum absolute atomic E-state index is 0.347. The maximum atomic E-state index is 9.34. The van der Waals surface area contributed by atoms with Crippen LogP contribution in [0, 0.1) is 0 Å². The zero-order chi connectivity index (χ0) is 12.1. The molecule has 1 atom stereocenters. The second-order valence-corrected chi connectivity index (χ2v) is 4.91. The van der Waals surface area contributed by atoms with Crippen molar-refractivity contribution in [3.05, 3.63) is 29.8 Å². The van der Waals surface area contributed by atoms with Crippen molar-refractivity contribution in [2.75, 3.05) is 20.1 Å². The first-order valence-electron chi connectivity index (χ1n) is 6.44. The van der Waals surface area contributed by atoms with E-state index in [1.807, 2.05) is 18.2 Å². The number of likely N-dealkylation sites (tertiary alicyclic amines) is 1. The number of phenolic OH excluding ortho intramolecular Hbond substituents is 1. The summed E-state index contributed by atoms with van der Waals surface area (Å²) in [4.78, 5) is 2.45. The van der Waals surface area contributed by atoms with Gasteiger partial charge in [-0.05, 0) is 57.1 Å². The molecule has 2 N–H and O–H groups in total. The number of benzene rings is 1. The van der Waals surface area contributed by atoms with E-state index in [0.717, 1.165) is 24.7 Å². The number of phenols is 1. The summed E-state index contributed by atoms with van der Waals surface area (Å²) in [5.74, 6) is 0.347. The van der Waals surface area contributed by atoms with Crippen molar-refractivity contribution in [1.29, 1.82) is 0 Å². The maximum Gasteiger partial charge on any atom is 0.115 e. The number of rotatable bonds is 5. The van der Waals surface area contributed by atoms with Crippen molar-refractivity contribution in [3.63, 3.8) is 0 Å². The van der Waals surface area contributed by atoms with Crippen LogP contribution in [0.4, 0.5) is 0 Å². The Bertz CT molecular complexity index is 354. The Kier molecular flexibility index (Phi) is 4.40. The molecule has 0 radical (unpaired) electrons. The molecule has 0 amide bonds. The average molecular weight is 234 g/mol. The quantitative estimate of drug-likeness (QED) is 0.765. The average Bonchev–Trinajstić information content (AvgIpc) is 2.71. The van der Waals surface area contributed by atoms with E-state index in [-0.39, 0.29) is 0 Å². The van der Waals surface area contributed by atoms with Gasteiger partial charge in [0.05, 0.1) is 0 Å². The highest BCUT2D eigenvalue weighted by Gasteiger charge is 2.19. The van der Waals surface area contributed by atoms with E-state index in [2.05, 4.69) is 17.3 Å². The summed E-state index contributed by atoms with van der Waals surface area (Å²) in [5, 5.41) is 12.8. The van der Waals surface area contributed by atoms with Gasteiger partial charge < -0.3 is 15.3 Å². The van der Waals surface area contributed by atoms with Crippen molar-refractivity contribution < 1.29 is 5.11 Å². The summed E-state index contributed by atoms with van der Waals surface area (Å²) >= 11 is 0. The molecule has 0 saturated carbocycles. The van der Waals surface area contributed by atoms with Gasteiger partial charge in [0, 0.05) is 12.6 Å². The van der Waals surface area contributed by atoms with E-state index >= 15 is 0 Å². The summed E-state index contributed by atoms with van der Waals surface area (Å²) in [5.41, 5.74) is 1.14. The predicted octanol–water partition coefficient (Wildman–Crippen LogP) is 1.97. The minimum Gasteiger partial charge on any atom is -0.508 e. The highest BCUT2D eigenvalue weighted by molar-refractivity contribution is 5.26. The normalized spacial score (nSPS) is 20.9. The molecule has 1 aromatic rings. The molecule has 1 fully saturated rings. The topological polar surface area (TPSA) is 35.5 Å². The number of hydrogen-bond acceptors (Lipinski definition) is 3. The van der Waals surface area contributed by atoms with Crippen molar-refractivity contribution in [2.24, 2.45) is 0 Å². The fourth-order valence-corrected chi connectivity index (χ4v) is 2.51. The minimum atomic E-state index is 0.347. The molecule has 1 saturated heterocycles. The lowest BCUT2D eigenvalue weighted by atomic mass is 10.1. The van der Waals surface area contributed by atoms with Crippen molar-refractivity contribution >= 4 is 0 Å².